The third-order valence-electron chi connectivity index (χ3n) is 3.52. The lowest BCUT2D eigenvalue weighted by Gasteiger charge is -2.22. The molecule has 0 aliphatic carbocycles. The second-order valence-electron chi connectivity index (χ2n) is 4.68. The van der Waals surface area contributed by atoms with Crippen LogP contribution in [0.25, 0.3) is 11.4 Å². The number of halogens is 1. The number of fused-ring (bicyclic) bond motifs is 1. The van der Waals surface area contributed by atoms with Gasteiger partial charge in [0.15, 0.2) is 0 Å². The average molecular weight is 291 g/mol. The summed E-state index contributed by atoms with van der Waals surface area (Å²) in [4.78, 5) is 4.61. The Balaban J connectivity index is 2.14. The number of nitrogens with zero attached hydrogens (tertiary/aromatic N) is 2. The van der Waals surface area contributed by atoms with E-state index < -0.39 is 0 Å². The Morgan fingerprint density at radius 3 is 3.00 bits per heavy atom. The first-order chi connectivity index (χ1) is 8.27. The Hall–Kier alpha value is -1.09. The second-order valence-corrected chi connectivity index (χ2v) is 5.54. The summed E-state index contributed by atoms with van der Waals surface area (Å²) >= 11 is 3.61. The van der Waals surface area contributed by atoms with E-state index in [4.69, 9.17) is 0 Å². The molecule has 0 saturated carbocycles. The Kier molecular flexibility index (Phi) is 2.79. The van der Waals surface area contributed by atoms with Gasteiger partial charge in [-0.25, -0.2) is 4.98 Å². The van der Waals surface area contributed by atoms with E-state index in [1.54, 1.807) is 0 Å². The molecule has 3 heteroatoms. The van der Waals surface area contributed by atoms with E-state index in [9.17, 15) is 0 Å². The first-order valence-electron chi connectivity index (χ1n) is 6.07. The van der Waals surface area contributed by atoms with Crippen molar-refractivity contribution in [3.63, 3.8) is 0 Å². The molecule has 2 nitrogen and oxygen atoms in total. The Labute approximate surface area is 110 Å². The predicted molar refractivity (Wildman–Crippen MR) is 73.0 cm³/mol. The maximum Gasteiger partial charge on any atom is 0.141 e. The Bertz CT molecular complexity index is 545. The molecule has 0 bridgehead atoms. The largest absolute Gasteiger partial charge is 0.328 e. The first-order valence-corrected chi connectivity index (χ1v) is 6.87. The van der Waals surface area contributed by atoms with Gasteiger partial charge in [-0.2, -0.15) is 0 Å². The van der Waals surface area contributed by atoms with E-state index in [0.717, 1.165) is 16.8 Å². The van der Waals surface area contributed by atoms with E-state index in [0.29, 0.717) is 5.92 Å². The highest BCUT2D eigenvalue weighted by Gasteiger charge is 2.21. The molecule has 0 fully saturated rings. The predicted octanol–water partition coefficient (Wildman–Crippen LogP) is 4.21. The fraction of sp³-hybridized carbons (Fsp3) is 0.357. The van der Waals surface area contributed by atoms with Crippen molar-refractivity contribution in [2.75, 3.05) is 0 Å². The fourth-order valence-corrected chi connectivity index (χ4v) is 3.04. The zero-order valence-electron chi connectivity index (χ0n) is 9.86. The zero-order valence-corrected chi connectivity index (χ0v) is 11.4. The number of hydrogen-bond donors (Lipinski definition) is 0. The van der Waals surface area contributed by atoms with Crippen molar-refractivity contribution in [3.8, 4) is 11.4 Å². The molecule has 0 spiro atoms. The molecule has 0 saturated heterocycles. The molecule has 0 amide bonds. The molecule has 1 unspecified atom stereocenters. The summed E-state index contributed by atoms with van der Waals surface area (Å²) in [5.74, 6) is 1.73. The fourth-order valence-electron chi connectivity index (χ4n) is 2.58. The van der Waals surface area contributed by atoms with Gasteiger partial charge in [0, 0.05) is 28.5 Å². The van der Waals surface area contributed by atoms with Crippen molar-refractivity contribution >= 4 is 15.9 Å². The van der Waals surface area contributed by atoms with Gasteiger partial charge in [-0.1, -0.05) is 41.1 Å². The molecule has 17 heavy (non-hydrogen) atoms. The number of imidazole rings is 1. The lowest BCUT2D eigenvalue weighted by Crippen LogP contribution is -2.13. The van der Waals surface area contributed by atoms with Crippen molar-refractivity contribution in [3.05, 3.63) is 40.6 Å². The van der Waals surface area contributed by atoms with Gasteiger partial charge in [-0.3, -0.25) is 0 Å². The summed E-state index contributed by atoms with van der Waals surface area (Å²) in [6.45, 7) is 3.38. The molecule has 1 aliphatic rings. The van der Waals surface area contributed by atoms with Gasteiger partial charge in [-0.15, -0.1) is 0 Å². The number of aromatic nitrogens is 2. The van der Waals surface area contributed by atoms with Crippen LogP contribution in [0.15, 0.2) is 34.9 Å². The number of rotatable bonds is 1. The van der Waals surface area contributed by atoms with Crippen molar-refractivity contribution in [2.24, 2.45) is 0 Å². The molecule has 1 aromatic heterocycles. The van der Waals surface area contributed by atoms with Crippen LogP contribution in [0.2, 0.25) is 0 Å². The van der Waals surface area contributed by atoms with Gasteiger partial charge in [0.25, 0.3) is 0 Å². The molecule has 1 aliphatic heterocycles. The third-order valence-corrected chi connectivity index (χ3v) is 4.22. The van der Waals surface area contributed by atoms with Crippen LogP contribution in [-0.2, 0) is 6.54 Å². The molecule has 88 valence electrons. The third kappa shape index (κ3) is 1.82. The molecular formula is C14H15BrN2. The summed E-state index contributed by atoms with van der Waals surface area (Å²) < 4.78 is 3.49. The minimum atomic E-state index is 0.632. The minimum absolute atomic E-state index is 0.632. The van der Waals surface area contributed by atoms with Crippen LogP contribution in [0.4, 0.5) is 0 Å². The van der Waals surface area contributed by atoms with Gasteiger partial charge < -0.3 is 4.57 Å². The van der Waals surface area contributed by atoms with E-state index in [2.05, 4.69) is 50.6 Å². The van der Waals surface area contributed by atoms with Crippen molar-refractivity contribution in [1.29, 1.82) is 0 Å². The number of hydrogen-bond acceptors (Lipinski definition) is 1. The minimum Gasteiger partial charge on any atom is -0.328 e. The first kappa shape index (κ1) is 11.0. The van der Waals surface area contributed by atoms with Crippen LogP contribution in [0.3, 0.4) is 0 Å². The highest BCUT2D eigenvalue weighted by atomic mass is 79.9. The molecule has 0 N–H and O–H groups in total. The van der Waals surface area contributed by atoms with E-state index >= 15 is 0 Å². The van der Waals surface area contributed by atoms with Crippen molar-refractivity contribution < 1.29 is 0 Å². The quantitative estimate of drug-likeness (QED) is 0.769. The monoisotopic (exact) mass is 290 g/mol. The number of benzene rings is 1. The summed E-state index contributed by atoms with van der Waals surface area (Å²) in [5.41, 5.74) is 2.56. The normalized spacial score (nSPS) is 19.1. The summed E-state index contributed by atoms with van der Waals surface area (Å²) in [6.07, 6.45) is 4.57. The van der Waals surface area contributed by atoms with Gasteiger partial charge in [0.1, 0.15) is 5.82 Å². The topological polar surface area (TPSA) is 17.8 Å². The highest BCUT2D eigenvalue weighted by Crippen LogP contribution is 2.33. The van der Waals surface area contributed by atoms with Crippen LogP contribution < -0.4 is 0 Å². The highest BCUT2D eigenvalue weighted by molar-refractivity contribution is 9.10. The van der Waals surface area contributed by atoms with E-state index in [1.807, 2.05) is 12.3 Å². The standard InChI is InChI=1S/C14H15BrN2/c1-10-5-4-8-17-13(10)9-16-14(17)11-6-2-3-7-12(11)15/h2-3,6-7,9-10H,4-5,8H2,1H3. The van der Waals surface area contributed by atoms with Crippen LogP contribution in [0, 0.1) is 0 Å². The van der Waals surface area contributed by atoms with Gasteiger partial charge in [-0.05, 0) is 24.8 Å². The zero-order chi connectivity index (χ0) is 11.8. The van der Waals surface area contributed by atoms with Crippen LogP contribution >= 0.6 is 15.9 Å². The molecule has 2 aromatic rings. The molecular weight excluding hydrogens is 276 g/mol. The molecule has 1 aromatic carbocycles. The SMILES string of the molecule is CC1CCCn2c1cnc2-c1ccccc1Br. The van der Waals surface area contributed by atoms with E-state index in [1.165, 1.54) is 24.1 Å². The van der Waals surface area contributed by atoms with Crippen LogP contribution in [0.1, 0.15) is 31.4 Å². The lowest BCUT2D eigenvalue weighted by atomic mass is 9.98. The average Bonchev–Trinajstić information content (AvgIpc) is 2.75. The molecule has 1 atom stereocenters. The van der Waals surface area contributed by atoms with Crippen molar-refractivity contribution in [2.45, 2.75) is 32.2 Å². The molecule has 0 radical (unpaired) electrons. The second kappa shape index (κ2) is 4.30. The molecule has 2 heterocycles. The smallest absolute Gasteiger partial charge is 0.141 e. The van der Waals surface area contributed by atoms with Crippen molar-refractivity contribution in [1.82, 2.24) is 9.55 Å². The summed E-state index contributed by atoms with van der Waals surface area (Å²) in [7, 11) is 0. The summed E-state index contributed by atoms with van der Waals surface area (Å²) in [5, 5.41) is 0. The summed E-state index contributed by atoms with van der Waals surface area (Å²) in [6, 6.07) is 8.30. The molecule has 3 rings (SSSR count). The van der Waals surface area contributed by atoms with Gasteiger partial charge >= 0.3 is 0 Å². The van der Waals surface area contributed by atoms with Gasteiger partial charge in [0.2, 0.25) is 0 Å². The van der Waals surface area contributed by atoms with Crippen LogP contribution in [-0.4, -0.2) is 9.55 Å². The lowest BCUT2D eigenvalue weighted by molar-refractivity contribution is 0.478. The maximum atomic E-state index is 4.61. The van der Waals surface area contributed by atoms with Crippen LogP contribution in [0.5, 0.6) is 0 Å². The Morgan fingerprint density at radius 2 is 2.18 bits per heavy atom. The maximum absolute atomic E-state index is 4.61. The van der Waals surface area contributed by atoms with Gasteiger partial charge in [0.05, 0.1) is 0 Å². The Morgan fingerprint density at radius 1 is 1.35 bits per heavy atom. The van der Waals surface area contributed by atoms with E-state index in [-0.39, 0.29) is 0 Å².